The monoisotopic (exact) mass is 180 g/mol. The van der Waals surface area contributed by atoms with Gasteiger partial charge in [0, 0.05) is 12.8 Å². The minimum atomic E-state index is 0.334. The number of ketones is 1. The van der Waals surface area contributed by atoms with Crippen LogP contribution in [0.4, 0.5) is 0 Å². The van der Waals surface area contributed by atoms with Crippen LogP contribution in [-0.4, -0.2) is 5.78 Å². The highest BCUT2D eigenvalue weighted by atomic mass is 16.1. The molecule has 0 unspecified atom stereocenters. The second-order valence-electron chi connectivity index (χ2n) is 5.54. The fraction of sp³-hybridized carbons (Fsp3) is 0.917. The number of rotatable bonds is 0. The van der Waals surface area contributed by atoms with Gasteiger partial charge in [-0.05, 0) is 30.1 Å². The molecule has 0 heterocycles. The lowest BCUT2D eigenvalue weighted by Gasteiger charge is -2.53. The van der Waals surface area contributed by atoms with Crippen LogP contribution in [0.15, 0.2) is 0 Å². The molecule has 0 saturated heterocycles. The molecule has 1 heteroatoms. The first-order valence-electron chi connectivity index (χ1n) is 5.58. The largest absolute Gasteiger partial charge is 0.300 e. The van der Waals surface area contributed by atoms with Gasteiger partial charge in [-0.1, -0.05) is 26.7 Å². The molecule has 0 aromatic carbocycles. The maximum Gasteiger partial charge on any atom is 0.133 e. The van der Waals surface area contributed by atoms with Gasteiger partial charge in [0.1, 0.15) is 5.78 Å². The van der Waals surface area contributed by atoms with Crippen molar-refractivity contribution in [3.63, 3.8) is 0 Å². The van der Waals surface area contributed by atoms with E-state index in [1.54, 1.807) is 0 Å². The van der Waals surface area contributed by atoms with Crippen LogP contribution >= 0.6 is 0 Å². The maximum absolute atomic E-state index is 11.5. The third kappa shape index (κ3) is 1.33. The molecule has 2 aliphatic carbocycles. The minimum Gasteiger partial charge on any atom is -0.300 e. The lowest BCUT2D eigenvalue weighted by atomic mass is 9.51. The highest BCUT2D eigenvalue weighted by molar-refractivity contribution is 5.80. The minimum absolute atomic E-state index is 0.334. The molecule has 1 nitrogen and oxygen atoms in total. The van der Waals surface area contributed by atoms with Crippen LogP contribution in [0.3, 0.4) is 0 Å². The molecular weight excluding hydrogens is 160 g/mol. The second-order valence-corrected chi connectivity index (χ2v) is 5.54. The third-order valence-corrected chi connectivity index (χ3v) is 4.71. The fourth-order valence-corrected chi connectivity index (χ4v) is 3.30. The van der Waals surface area contributed by atoms with Gasteiger partial charge in [-0.25, -0.2) is 0 Å². The molecular formula is C12H20O. The lowest BCUT2D eigenvalue weighted by molar-refractivity contribution is -0.132. The molecule has 0 aromatic rings. The smallest absolute Gasteiger partial charge is 0.133 e. The average molecular weight is 180 g/mol. The number of carbonyl (C=O) groups excluding carboxylic acids is 1. The molecule has 74 valence electrons. The highest BCUT2D eigenvalue weighted by Gasteiger charge is 2.49. The molecule has 0 N–H and O–H groups in total. The van der Waals surface area contributed by atoms with Crippen LogP contribution in [0.5, 0.6) is 0 Å². The van der Waals surface area contributed by atoms with Gasteiger partial charge in [0.25, 0.3) is 0 Å². The Morgan fingerprint density at radius 3 is 2.31 bits per heavy atom. The zero-order chi connectivity index (χ0) is 9.53. The first-order chi connectivity index (χ1) is 6.06. The Kier molecular flexibility index (Phi) is 2.01. The molecule has 0 aromatic heterocycles. The quantitative estimate of drug-likeness (QED) is 0.559. The fourth-order valence-electron chi connectivity index (χ4n) is 3.30. The molecule has 2 aliphatic rings. The van der Waals surface area contributed by atoms with E-state index in [2.05, 4.69) is 13.8 Å². The molecule has 13 heavy (non-hydrogen) atoms. The van der Waals surface area contributed by atoms with E-state index in [-0.39, 0.29) is 0 Å². The van der Waals surface area contributed by atoms with E-state index in [0.29, 0.717) is 16.6 Å². The molecule has 2 rings (SSSR count). The van der Waals surface area contributed by atoms with Gasteiger partial charge in [-0.2, -0.15) is 0 Å². The normalized spacial score (nSPS) is 45.8. The molecule has 2 atom stereocenters. The number of fused-ring (bicyclic) bond motifs is 1. The summed E-state index contributed by atoms with van der Waals surface area (Å²) in [6.45, 7) is 4.74. The summed E-state index contributed by atoms with van der Waals surface area (Å²) in [4.78, 5) is 11.5. The molecule has 0 bridgehead atoms. The van der Waals surface area contributed by atoms with Crippen molar-refractivity contribution in [1.82, 2.24) is 0 Å². The first kappa shape index (κ1) is 9.23. The van der Waals surface area contributed by atoms with E-state index >= 15 is 0 Å². The van der Waals surface area contributed by atoms with Crippen LogP contribution in [0.1, 0.15) is 58.8 Å². The lowest BCUT2D eigenvalue weighted by Crippen LogP contribution is -2.45. The van der Waals surface area contributed by atoms with Crippen molar-refractivity contribution in [2.45, 2.75) is 58.8 Å². The van der Waals surface area contributed by atoms with E-state index in [1.807, 2.05) is 0 Å². The number of carbonyl (C=O) groups is 1. The van der Waals surface area contributed by atoms with E-state index in [1.165, 1.54) is 25.7 Å². The van der Waals surface area contributed by atoms with Crippen LogP contribution in [-0.2, 0) is 4.79 Å². The van der Waals surface area contributed by atoms with Crippen molar-refractivity contribution in [3.05, 3.63) is 0 Å². The Bertz CT molecular complexity index is 233. The summed E-state index contributed by atoms with van der Waals surface area (Å²) < 4.78 is 0. The van der Waals surface area contributed by atoms with Crippen molar-refractivity contribution >= 4 is 5.78 Å². The van der Waals surface area contributed by atoms with E-state index in [4.69, 9.17) is 0 Å². The number of Topliss-reactive ketones (excluding diaryl/α,β-unsaturated/α-hetero) is 1. The number of hydrogen-bond acceptors (Lipinski definition) is 1. The Hall–Kier alpha value is -0.330. The summed E-state index contributed by atoms with van der Waals surface area (Å²) in [7, 11) is 0. The molecule has 0 amide bonds. The van der Waals surface area contributed by atoms with Crippen LogP contribution in [0.25, 0.3) is 0 Å². The van der Waals surface area contributed by atoms with Gasteiger partial charge in [0.05, 0.1) is 0 Å². The maximum atomic E-state index is 11.5. The summed E-state index contributed by atoms with van der Waals surface area (Å²) in [5.74, 6) is 0.502. The average Bonchev–Trinajstić information content (AvgIpc) is 2.07. The van der Waals surface area contributed by atoms with Gasteiger partial charge < -0.3 is 0 Å². The zero-order valence-corrected chi connectivity index (χ0v) is 8.86. The molecule has 0 aliphatic heterocycles. The predicted octanol–water partition coefficient (Wildman–Crippen LogP) is 3.33. The molecule has 2 saturated carbocycles. The number of hydrogen-bond donors (Lipinski definition) is 0. The summed E-state index contributed by atoms with van der Waals surface area (Å²) in [6, 6.07) is 0. The second kappa shape index (κ2) is 2.83. The van der Waals surface area contributed by atoms with Crippen LogP contribution in [0.2, 0.25) is 0 Å². The molecule has 0 spiro atoms. The van der Waals surface area contributed by atoms with Crippen molar-refractivity contribution in [2.75, 3.05) is 0 Å². The topological polar surface area (TPSA) is 17.1 Å². The molecule has 0 radical (unpaired) electrons. The van der Waals surface area contributed by atoms with Crippen molar-refractivity contribution < 1.29 is 4.79 Å². The summed E-state index contributed by atoms with van der Waals surface area (Å²) >= 11 is 0. The van der Waals surface area contributed by atoms with Gasteiger partial charge >= 0.3 is 0 Å². The summed E-state index contributed by atoms with van der Waals surface area (Å²) in [5.41, 5.74) is 0.805. The van der Waals surface area contributed by atoms with Gasteiger partial charge in [0.2, 0.25) is 0 Å². The van der Waals surface area contributed by atoms with Crippen molar-refractivity contribution in [1.29, 1.82) is 0 Å². The Labute approximate surface area is 80.9 Å². The van der Waals surface area contributed by atoms with E-state index in [9.17, 15) is 4.79 Å². The van der Waals surface area contributed by atoms with Gasteiger partial charge in [-0.15, -0.1) is 0 Å². The Balaban J connectivity index is 2.25. The van der Waals surface area contributed by atoms with Gasteiger partial charge in [0.15, 0.2) is 0 Å². The van der Waals surface area contributed by atoms with Crippen molar-refractivity contribution in [2.24, 2.45) is 10.8 Å². The van der Waals surface area contributed by atoms with Crippen LogP contribution < -0.4 is 0 Å². The first-order valence-corrected chi connectivity index (χ1v) is 5.58. The van der Waals surface area contributed by atoms with E-state index in [0.717, 1.165) is 19.3 Å². The predicted molar refractivity (Wildman–Crippen MR) is 53.5 cm³/mol. The Morgan fingerprint density at radius 1 is 1.00 bits per heavy atom. The zero-order valence-electron chi connectivity index (χ0n) is 8.86. The van der Waals surface area contributed by atoms with Crippen molar-refractivity contribution in [3.8, 4) is 0 Å². The Morgan fingerprint density at radius 2 is 1.62 bits per heavy atom. The van der Waals surface area contributed by atoms with Gasteiger partial charge in [-0.3, -0.25) is 4.79 Å². The van der Waals surface area contributed by atoms with E-state index < -0.39 is 0 Å². The SMILES string of the molecule is C[C@@]12CCCC[C@]1(C)CC(=O)CC2. The summed E-state index contributed by atoms with van der Waals surface area (Å²) in [5, 5.41) is 0. The highest BCUT2D eigenvalue weighted by Crippen LogP contribution is 2.57. The van der Waals surface area contributed by atoms with Crippen LogP contribution in [0, 0.1) is 10.8 Å². The molecule has 2 fully saturated rings. The standard InChI is InChI=1S/C12H20O/c1-11-6-3-4-7-12(11,2)9-10(13)5-8-11/h3-9H2,1-2H3/t11-,12+/m0/s1. The third-order valence-electron chi connectivity index (χ3n) is 4.71. The summed E-state index contributed by atoms with van der Waals surface area (Å²) in [6.07, 6.45) is 8.16.